The summed E-state index contributed by atoms with van der Waals surface area (Å²) >= 11 is 4.85. The maximum absolute atomic E-state index is 13.8. The van der Waals surface area contributed by atoms with Crippen molar-refractivity contribution in [3.8, 4) is 0 Å². The fraction of sp³-hybridized carbons (Fsp3) is 0.200. The van der Waals surface area contributed by atoms with E-state index in [9.17, 15) is 8.78 Å². The highest BCUT2D eigenvalue weighted by molar-refractivity contribution is 9.10. The maximum atomic E-state index is 13.8. The molecule has 1 atom stereocenters. The minimum Gasteiger partial charge on any atom is -0.375 e. The van der Waals surface area contributed by atoms with Crippen molar-refractivity contribution in [1.82, 2.24) is 0 Å². The molecule has 0 bridgehead atoms. The van der Waals surface area contributed by atoms with Crippen LogP contribution in [0.4, 0.5) is 14.5 Å². The third-order valence-corrected chi connectivity index (χ3v) is 4.35. The van der Waals surface area contributed by atoms with Crippen molar-refractivity contribution in [3.05, 3.63) is 58.1 Å². The van der Waals surface area contributed by atoms with Gasteiger partial charge in [0.2, 0.25) is 0 Å². The van der Waals surface area contributed by atoms with Gasteiger partial charge in [0.15, 0.2) is 0 Å². The van der Waals surface area contributed by atoms with Crippen LogP contribution in [-0.2, 0) is 0 Å². The average molecular weight is 358 g/mol. The Morgan fingerprint density at radius 1 is 1.15 bits per heavy atom. The lowest BCUT2D eigenvalue weighted by atomic mass is 10.1. The summed E-state index contributed by atoms with van der Waals surface area (Å²) in [6, 6.07) is 10.1. The normalized spacial score (nSPS) is 12.2. The Balaban J connectivity index is 2.20. The van der Waals surface area contributed by atoms with E-state index in [-0.39, 0.29) is 11.7 Å². The molecule has 2 rings (SSSR count). The fourth-order valence-corrected chi connectivity index (χ4v) is 2.80. The van der Waals surface area contributed by atoms with Gasteiger partial charge in [-0.15, -0.1) is 11.8 Å². The predicted octanol–water partition coefficient (Wildman–Crippen LogP) is 5.62. The van der Waals surface area contributed by atoms with Crippen molar-refractivity contribution < 1.29 is 8.78 Å². The number of hydrogen-bond acceptors (Lipinski definition) is 2. The molecule has 0 spiro atoms. The van der Waals surface area contributed by atoms with Gasteiger partial charge in [-0.2, -0.15) is 0 Å². The van der Waals surface area contributed by atoms with Gasteiger partial charge >= 0.3 is 0 Å². The molecule has 1 unspecified atom stereocenters. The van der Waals surface area contributed by atoms with Crippen LogP contribution >= 0.6 is 27.7 Å². The fourth-order valence-electron chi connectivity index (χ4n) is 1.87. The molecular formula is C15H14BrF2NS. The predicted molar refractivity (Wildman–Crippen MR) is 84.3 cm³/mol. The highest BCUT2D eigenvalue weighted by Crippen LogP contribution is 2.30. The summed E-state index contributed by atoms with van der Waals surface area (Å²) in [6.45, 7) is 1.93. The van der Waals surface area contributed by atoms with Crippen LogP contribution in [0.2, 0.25) is 0 Å². The summed E-state index contributed by atoms with van der Waals surface area (Å²) in [7, 11) is 0. The summed E-state index contributed by atoms with van der Waals surface area (Å²) in [5.74, 6) is -1.21. The topological polar surface area (TPSA) is 12.0 Å². The second kappa shape index (κ2) is 6.59. The van der Waals surface area contributed by atoms with Crippen molar-refractivity contribution in [2.75, 3.05) is 11.6 Å². The first kappa shape index (κ1) is 15.3. The summed E-state index contributed by atoms with van der Waals surface area (Å²) in [4.78, 5) is 1.18. The van der Waals surface area contributed by atoms with E-state index in [1.54, 1.807) is 11.8 Å². The highest BCUT2D eigenvalue weighted by atomic mass is 79.9. The number of anilines is 1. The van der Waals surface area contributed by atoms with Crippen LogP contribution < -0.4 is 5.32 Å². The number of halogens is 3. The van der Waals surface area contributed by atoms with Gasteiger partial charge < -0.3 is 5.32 Å². The van der Waals surface area contributed by atoms with E-state index >= 15 is 0 Å². The van der Waals surface area contributed by atoms with E-state index in [1.807, 2.05) is 37.4 Å². The van der Waals surface area contributed by atoms with Gasteiger partial charge in [0.25, 0.3) is 0 Å². The third kappa shape index (κ3) is 3.52. The van der Waals surface area contributed by atoms with E-state index in [0.29, 0.717) is 4.47 Å². The van der Waals surface area contributed by atoms with Crippen LogP contribution in [0.15, 0.2) is 45.8 Å². The molecule has 0 aliphatic heterocycles. The summed E-state index contributed by atoms with van der Waals surface area (Å²) in [6.07, 6.45) is 2.02. The van der Waals surface area contributed by atoms with Crippen LogP contribution in [0, 0.1) is 11.6 Å². The Labute approximate surface area is 129 Å². The van der Waals surface area contributed by atoms with E-state index in [1.165, 1.54) is 11.0 Å². The Morgan fingerprint density at radius 3 is 2.35 bits per heavy atom. The molecule has 0 radical (unpaired) electrons. The molecule has 0 saturated carbocycles. The van der Waals surface area contributed by atoms with E-state index in [4.69, 9.17) is 0 Å². The molecule has 1 N–H and O–H groups in total. The van der Waals surface area contributed by atoms with Gasteiger partial charge in [-0.25, -0.2) is 8.78 Å². The molecule has 2 aromatic rings. The molecular weight excluding hydrogens is 344 g/mol. The number of nitrogens with one attached hydrogen (secondary N) is 1. The second-order valence-corrected chi connectivity index (χ2v) is 6.12. The minimum atomic E-state index is -0.607. The third-order valence-electron chi connectivity index (χ3n) is 2.98. The van der Waals surface area contributed by atoms with Crippen molar-refractivity contribution in [1.29, 1.82) is 0 Å². The SMILES string of the molecule is CSc1ccc(C(C)Nc2c(F)cc(F)cc2Br)cc1. The van der Waals surface area contributed by atoms with Gasteiger partial charge in [-0.3, -0.25) is 0 Å². The largest absolute Gasteiger partial charge is 0.375 e. The summed E-state index contributed by atoms with van der Waals surface area (Å²) in [5.41, 5.74) is 1.31. The smallest absolute Gasteiger partial charge is 0.150 e. The lowest BCUT2D eigenvalue weighted by Crippen LogP contribution is -2.08. The van der Waals surface area contributed by atoms with E-state index < -0.39 is 11.6 Å². The molecule has 0 amide bonds. The zero-order valence-electron chi connectivity index (χ0n) is 11.1. The van der Waals surface area contributed by atoms with Crippen LogP contribution in [0.25, 0.3) is 0 Å². The van der Waals surface area contributed by atoms with Crippen molar-refractivity contribution in [2.24, 2.45) is 0 Å². The standard InChI is InChI=1S/C15H14BrF2NS/c1-9(10-3-5-12(20-2)6-4-10)19-15-13(16)7-11(17)8-14(15)18/h3-9,19H,1-2H3. The van der Waals surface area contributed by atoms with Gasteiger partial charge in [0, 0.05) is 21.5 Å². The lowest BCUT2D eigenvalue weighted by molar-refractivity contribution is 0.582. The summed E-state index contributed by atoms with van der Waals surface area (Å²) in [5, 5.41) is 3.06. The molecule has 2 aromatic carbocycles. The van der Waals surface area contributed by atoms with Crippen LogP contribution in [0.3, 0.4) is 0 Å². The Bertz CT molecular complexity index is 578. The zero-order valence-corrected chi connectivity index (χ0v) is 13.5. The maximum Gasteiger partial charge on any atom is 0.150 e. The molecule has 0 aliphatic rings. The number of rotatable bonds is 4. The lowest BCUT2D eigenvalue weighted by Gasteiger charge is -2.18. The van der Waals surface area contributed by atoms with Gasteiger partial charge in [0.1, 0.15) is 11.6 Å². The first-order valence-corrected chi connectivity index (χ1v) is 8.08. The van der Waals surface area contributed by atoms with Gasteiger partial charge in [-0.1, -0.05) is 12.1 Å². The minimum absolute atomic E-state index is 0.0813. The molecule has 0 fully saturated rings. The number of benzene rings is 2. The van der Waals surface area contributed by atoms with E-state index in [0.717, 1.165) is 11.6 Å². The van der Waals surface area contributed by atoms with Crippen molar-refractivity contribution in [2.45, 2.75) is 17.9 Å². The first-order valence-electron chi connectivity index (χ1n) is 6.06. The number of thioether (sulfide) groups is 1. The van der Waals surface area contributed by atoms with E-state index in [2.05, 4.69) is 21.2 Å². The molecule has 0 aliphatic carbocycles. The van der Waals surface area contributed by atoms with Gasteiger partial charge in [0.05, 0.1) is 5.69 Å². The van der Waals surface area contributed by atoms with Crippen molar-refractivity contribution in [3.63, 3.8) is 0 Å². The molecule has 0 aromatic heterocycles. The van der Waals surface area contributed by atoms with Crippen LogP contribution in [-0.4, -0.2) is 6.26 Å². The average Bonchev–Trinajstić information content (AvgIpc) is 2.42. The zero-order chi connectivity index (χ0) is 14.7. The first-order chi connectivity index (χ1) is 9.51. The highest BCUT2D eigenvalue weighted by Gasteiger charge is 2.13. The molecule has 1 nitrogen and oxygen atoms in total. The molecule has 0 heterocycles. The molecule has 0 saturated heterocycles. The summed E-state index contributed by atoms with van der Waals surface area (Å²) < 4.78 is 27.2. The quantitative estimate of drug-likeness (QED) is 0.712. The van der Waals surface area contributed by atoms with Gasteiger partial charge in [-0.05, 0) is 52.9 Å². The molecule has 106 valence electrons. The Kier molecular flexibility index (Phi) is 5.05. The second-order valence-electron chi connectivity index (χ2n) is 4.38. The monoisotopic (exact) mass is 357 g/mol. The number of hydrogen-bond donors (Lipinski definition) is 1. The molecule has 5 heteroatoms. The van der Waals surface area contributed by atoms with Crippen LogP contribution in [0.5, 0.6) is 0 Å². The molecule has 20 heavy (non-hydrogen) atoms. The Morgan fingerprint density at radius 2 is 1.80 bits per heavy atom. The Hall–Kier alpha value is -1.07. The van der Waals surface area contributed by atoms with Crippen LogP contribution in [0.1, 0.15) is 18.5 Å². The van der Waals surface area contributed by atoms with Crippen molar-refractivity contribution >= 4 is 33.4 Å².